The number of ether oxygens (including phenoxy) is 1. The first kappa shape index (κ1) is 16.9. The van der Waals surface area contributed by atoms with Crippen LogP contribution in [0.4, 0.5) is 4.39 Å². The zero-order valence-corrected chi connectivity index (χ0v) is 14.0. The van der Waals surface area contributed by atoms with Crippen molar-refractivity contribution in [2.75, 3.05) is 7.11 Å². The van der Waals surface area contributed by atoms with Crippen molar-refractivity contribution in [2.45, 2.75) is 24.9 Å². The quantitative estimate of drug-likeness (QED) is 0.874. The number of hydrogen-bond donors (Lipinski definition) is 2. The summed E-state index contributed by atoms with van der Waals surface area (Å²) in [6.45, 7) is 0. The Morgan fingerprint density at radius 2 is 2.28 bits per heavy atom. The van der Waals surface area contributed by atoms with Crippen molar-refractivity contribution in [2.24, 2.45) is 7.05 Å². The fraction of sp³-hybridized carbons (Fsp3) is 0.353. The smallest absolute Gasteiger partial charge is 0.255 e. The van der Waals surface area contributed by atoms with Gasteiger partial charge in [-0.05, 0) is 24.6 Å². The Balaban J connectivity index is 1.85. The molecule has 2 aromatic rings. The highest BCUT2D eigenvalue weighted by Crippen LogP contribution is 2.25. The lowest BCUT2D eigenvalue weighted by Gasteiger charge is -2.32. The number of imidazole rings is 1. The Hall–Kier alpha value is -2.90. The minimum atomic E-state index is -0.524. The van der Waals surface area contributed by atoms with Gasteiger partial charge in [0.1, 0.15) is 23.4 Å². The van der Waals surface area contributed by atoms with Crippen LogP contribution in [0.25, 0.3) is 0 Å². The van der Waals surface area contributed by atoms with Crippen LogP contribution in [0.5, 0.6) is 5.75 Å². The van der Waals surface area contributed by atoms with E-state index in [1.807, 2.05) is 7.05 Å². The number of carbonyl (C=O) groups is 2. The highest BCUT2D eigenvalue weighted by molar-refractivity contribution is 5.97. The summed E-state index contributed by atoms with van der Waals surface area (Å²) in [5.41, 5.74) is 0.109. The Morgan fingerprint density at radius 1 is 1.48 bits per heavy atom. The van der Waals surface area contributed by atoms with Crippen molar-refractivity contribution in [1.29, 1.82) is 0 Å². The molecule has 1 aliphatic rings. The maximum atomic E-state index is 13.5. The Morgan fingerprint density at radius 3 is 2.96 bits per heavy atom. The molecule has 1 saturated heterocycles. The van der Waals surface area contributed by atoms with Crippen LogP contribution in [0.1, 0.15) is 35.1 Å². The third-order valence-electron chi connectivity index (χ3n) is 4.26. The number of nitrogens with one attached hydrogen (secondary N) is 2. The summed E-state index contributed by atoms with van der Waals surface area (Å²) in [6.07, 6.45) is 4.16. The number of rotatable bonds is 4. The number of aryl methyl sites for hydroxylation is 1. The van der Waals surface area contributed by atoms with Gasteiger partial charge in [0, 0.05) is 25.9 Å². The van der Waals surface area contributed by atoms with Crippen molar-refractivity contribution < 1.29 is 18.7 Å². The summed E-state index contributed by atoms with van der Waals surface area (Å²) < 4.78 is 20.4. The monoisotopic (exact) mass is 346 g/mol. The largest absolute Gasteiger partial charge is 0.496 e. The van der Waals surface area contributed by atoms with E-state index in [1.165, 1.54) is 19.2 Å². The Bertz CT molecular complexity index is 805. The highest BCUT2D eigenvalue weighted by Gasteiger charge is 2.34. The molecule has 1 aromatic carbocycles. The SMILES string of the molecule is COc1ccc(F)cc1C(=O)N[C@@H]1CCC(=O)N[C@H]1c1nccn1C. The third-order valence-corrected chi connectivity index (χ3v) is 4.26. The summed E-state index contributed by atoms with van der Waals surface area (Å²) in [5.74, 6) is -0.154. The van der Waals surface area contributed by atoms with E-state index in [9.17, 15) is 14.0 Å². The fourth-order valence-corrected chi connectivity index (χ4v) is 2.98. The summed E-state index contributed by atoms with van der Waals surface area (Å²) >= 11 is 0. The molecule has 0 radical (unpaired) electrons. The van der Waals surface area contributed by atoms with Gasteiger partial charge in [0.15, 0.2) is 0 Å². The van der Waals surface area contributed by atoms with Crippen molar-refractivity contribution in [1.82, 2.24) is 20.2 Å². The van der Waals surface area contributed by atoms with Gasteiger partial charge >= 0.3 is 0 Å². The Kier molecular flexibility index (Phi) is 4.69. The van der Waals surface area contributed by atoms with Crippen LogP contribution in [-0.4, -0.2) is 34.5 Å². The average Bonchev–Trinajstić information content (AvgIpc) is 3.02. The van der Waals surface area contributed by atoms with Crippen molar-refractivity contribution in [3.63, 3.8) is 0 Å². The van der Waals surface area contributed by atoms with Gasteiger partial charge in [0.2, 0.25) is 5.91 Å². The third kappa shape index (κ3) is 3.47. The van der Waals surface area contributed by atoms with Crippen LogP contribution in [0.15, 0.2) is 30.6 Å². The number of halogens is 1. The maximum Gasteiger partial charge on any atom is 0.255 e. The van der Waals surface area contributed by atoms with Crippen LogP contribution in [0.3, 0.4) is 0 Å². The molecule has 3 rings (SSSR count). The van der Waals surface area contributed by atoms with E-state index in [-0.39, 0.29) is 23.3 Å². The molecule has 1 aromatic heterocycles. The predicted octanol–water partition coefficient (Wildman–Crippen LogP) is 1.32. The Labute approximate surface area is 144 Å². The number of amides is 2. The van der Waals surface area contributed by atoms with Crippen molar-refractivity contribution in [3.8, 4) is 5.75 Å². The second-order valence-corrected chi connectivity index (χ2v) is 5.90. The maximum absolute atomic E-state index is 13.5. The summed E-state index contributed by atoms with van der Waals surface area (Å²) in [6, 6.07) is 2.95. The fourth-order valence-electron chi connectivity index (χ4n) is 2.98. The molecule has 2 N–H and O–H groups in total. The molecule has 2 amide bonds. The number of hydrogen-bond acceptors (Lipinski definition) is 4. The molecule has 0 aliphatic carbocycles. The van der Waals surface area contributed by atoms with Crippen molar-refractivity contribution in [3.05, 3.63) is 47.8 Å². The van der Waals surface area contributed by atoms with Gasteiger partial charge in [-0.25, -0.2) is 9.37 Å². The van der Waals surface area contributed by atoms with E-state index < -0.39 is 17.8 Å². The number of aromatic nitrogens is 2. The molecular formula is C17H19FN4O3. The van der Waals surface area contributed by atoms with Crippen molar-refractivity contribution >= 4 is 11.8 Å². The molecule has 2 heterocycles. The number of piperidine rings is 1. The van der Waals surface area contributed by atoms with Gasteiger partial charge in [0.05, 0.1) is 18.7 Å². The van der Waals surface area contributed by atoms with Crippen LogP contribution in [-0.2, 0) is 11.8 Å². The summed E-state index contributed by atoms with van der Waals surface area (Å²) in [4.78, 5) is 28.7. The standard InChI is InChI=1S/C17H19FN4O3/c1-22-8-7-19-16(22)15-12(4-6-14(23)21-15)20-17(24)11-9-10(18)3-5-13(11)25-2/h3,5,7-9,12,15H,4,6H2,1-2H3,(H,20,24)(H,21,23)/t12-,15-/m1/s1. The lowest BCUT2D eigenvalue weighted by atomic mass is 9.96. The van der Waals surface area contributed by atoms with Gasteiger partial charge in [0.25, 0.3) is 5.91 Å². The molecule has 0 bridgehead atoms. The van der Waals surface area contributed by atoms with E-state index >= 15 is 0 Å². The number of carbonyl (C=O) groups excluding carboxylic acids is 2. The van der Waals surface area contributed by atoms with Gasteiger partial charge in [-0.15, -0.1) is 0 Å². The molecule has 0 unspecified atom stereocenters. The molecule has 7 nitrogen and oxygen atoms in total. The second kappa shape index (κ2) is 6.92. The number of benzene rings is 1. The first-order valence-electron chi connectivity index (χ1n) is 7.90. The molecule has 2 atom stereocenters. The molecule has 0 spiro atoms. The lowest BCUT2D eigenvalue weighted by Crippen LogP contribution is -2.50. The summed E-state index contributed by atoms with van der Waals surface area (Å²) in [5, 5.41) is 5.73. The number of methoxy groups -OCH3 is 1. The number of nitrogens with zero attached hydrogens (tertiary/aromatic N) is 2. The van der Waals surface area contributed by atoms with Crippen LogP contribution in [0.2, 0.25) is 0 Å². The predicted molar refractivity (Wildman–Crippen MR) is 87.5 cm³/mol. The van der Waals surface area contributed by atoms with Gasteiger partial charge in [-0.2, -0.15) is 0 Å². The molecule has 132 valence electrons. The first-order chi connectivity index (χ1) is 12.0. The lowest BCUT2D eigenvalue weighted by molar-refractivity contribution is -0.124. The zero-order valence-electron chi connectivity index (χ0n) is 14.0. The second-order valence-electron chi connectivity index (χ2n) is 5.90. The minimum absolute atomic E-state index is 0.0955. The van der Waals surface area contributed by atoms with E-state index in [4.69, 9.17) is 4.74 Å². The van der Waals surface area contributed by atoms with Crippen LogP contribution in [0, 0.1) is 5.82 Å². The van der Waals surface area contributed by atoms with E-state index in [1.54, 1.807) is 17.0 Å². The van der Waals surface area contributed by atoms with E-state index in [0.717, 1.165) is 6.07 Å². The molecular weight excluding hydrogens is 327 g/mol. The van der Waals surface area contributed by atoms with Gasteiger partial charge < -0.3 is 19.9 Å². The summed E-state index contributed by atoms with van der Waals surface area (Å²) in [7, 11) is 3.24. The molecule has 0 saturated carbocycles. The van der Waals surface area contributed by atoms with Crippen LogP contribution < -0.4 is 15.4 Å². The van der Waals surface area contributed by atoms with Gasteiger partial charge in [-0.3, -0.25) is 9.59 Å². The molecule has 8 heteroatoms. The average molecular weight is 346 g/mol. The van der Waals surface area contributed by atoms with Crippen LogP contribution >= 0.6 is 0 Å². The molecule has 25 heavy (non-hydrogen) atoms. The van der Waals surface area contributed by atoms with Gasteiger partial charge in [-0.1, -0.05) is 0 Å². The first-order valence-corrected chi connectivity index (χ1v) is 7.90. The van der Waals surface area contributed by atoms with E-state index in [2.05, 4.69) is 15.6 Å². The highest BCUT2D eigenvalue weighted by atomic mass is 19.1. The topological polar surface area (TPSA) is 85.2 Å². The molecule has 1 fully saturated rings. The van der Waals surface area contributed by atoms with E-state index in [0.29, 0.717) is 18.7 Å². The molecule has 1 aliphatic heterocycles. The minimum Gasteiger partial charge on any atom is -0.496 e. The zero-order chi connectivity index (χ0) is 18.0. The normalized spacial score (nSPS) is 20.0.